The standard InChI is InChI=1S/C13H14ClFO/c1-2-3-9-16-13-10-11(5-4-8-14)6-7-12(13)15/h6-7,10H,2-3,8-9H2,1H3. The van der Waals surface area contributed by atoms with Crippen molar-refractivity contribution >= 4 is 11.6 Å². The van der Waals surface area contributed by atoms with Gasteiger partial charge >= 0.3 is 0 Å². The van der Waals surface area contributed by atoms with Gasteiger partial charge < -0.3 is 4.74 Å². The highest BCUT2D eigenvalue weighted by atomic mass is 35.5. The highest BCUT2D eigenvalue weighted by Crippen LogP contribution is 2.18. The maximum atomic E-state index is 13.3. The van der Waals surface area contributed by atoms with E-state index in [4.69, 9.17) is 16.3 Å². The molecule has 1 rings (SSSR count). The Kier molecular flexibility index (Phi) is 5.74. The molecule has 16 heavy (non-hydrogen) atoms. The molecule has 0 aliphatic carbocycles. The Morgan fingerprint density at radius 1 is 1.44 bits per heavy atom. The Labute approximate surface area is 101 Å². The summed E-state index contributed by atoms with van der Waals surface area (Å²) in [6.45, 7) is 2.59. The molecule has 1 aromatic rings. The van der Waals surface area contributed by atoms with Crippen LogP contribution >= 0.6 is 11.6 Å². The van der Waals surface area contributed by atoms with E-state index in [2.05, 4.69) is 18.8 Å². The van der Waals surface area contributed by atoms with Crippen LogP contribution in [0.15, 0.2) is 18.2 Å². The molecule has 0 heterocycles. The predicted molar refractivity (Wildman–Crippen MR) is 64.4 cm³/mol. The van der Waals surface area contributed by atoms with Gasteiger partial charge in [0, 0.05) is 5.56 Å². The number of benzene rings is 1. The van der Waals surface area contributed by atoms with E-state index in [-0.39, 0.29) is 17.4 Å². The van der Waals surface area contributed by atoms with Crippen molar-refractivity contribution in [3.8, 4) is 17.6 Å². The molecule has 86 valence electrons. The number of rotatable bonds is 4. The lowest BCUT2D eigenvalue weighted by Crippen LogP contribution is -1.98. The zero-order valence-electron chi connectivity index (χ0n) is 9.22. The number of hydrogen-bond donors (Lipinski definition) is 0. The molecule has 1 nitrogen and oxygen atoms in total. The molecule has 0 bridgehead atoms. The first-order chi connectivity index (χ1) is 7.77. The molecule has 0 saturated carbocycles. The van der Waals surface area contributed by atoms with Gasteiger partial charge in [-0.2, -0.15) is 0 Å². The average Bonchev–Trinajstić information content (AvgIpc) is 2.30. The molecule has 0 spiro atoms. The highest BCUT2D eigenvalue weighted by Gasteiger charge is 2.03. The van der Waals surface area contributed by atoms with Crippen LogP contribution in [0.5, 0.6) is 5.75 Å². The van der Waals surface area contributed by atoms with Gasteiger partial charge in [0.05, 0.1) is 12.5 Å². The fourth-order valence-electron chi connectivity index (χ4n) is 1.15. The summed E-state index contributed by atoms with van der Waals surface area (Å²) in [7, 11) is 0. The fraction of sp³-hybridized carbons (Fsp3) is 0.385. The van der Waals surface area contributed by atoms with Crippen LogP contribution < -0.4 is 4.74 Å². The summed E-state index contributed by atoms with van der Waals surface area (Å²) in [5.41, 5.74) is 0.716. The third kappa shape index (κ3) is 4.12. The Bertz CT molecular complexity index is 393. The van der Waals surface area contributed by atoms with Crippen molar-refractivity contribution in [3.63, 3.8) is 0 Å². The molecule has 0 radical (unpaired) electrons. The molecule has 0 amide bonds. The van der Waals surface area contributed by atoms with Crippen molar-refractivity contribution in [3.05, 3.63) is 29.6 Å². The summed E-state index contributed by atoms with van der Waals surface area (Å²) >= 11 is 5.45. The maximum Gasteiger partial charge on any atom is 0.165 e. The number of ether oxygens (including phenoxy) is 1. The van der Waals surface area contributed by atoms with Gasteiger partial charge in [0.15, 0.2) is 11.6 Å². The molecule has 0 aliphatic heterocycles. The summed E-state index contributed by atoms with van der Waals surface area (Å²) in [6, 6.07) is 4.58. The maximum absolute atomic E-state index is 13.3. The van der Waals surface area contributed by atoms with Gasteiger partial charge in [-0.25, -0.2) is 4.39 Å². The number of alkyl halides is 1. The Balaban J connectivity index is 2.74. The van der Waals surface area contributed by atoms with Gasteiger partial charge in [0.1, 0.15) is 0 Å². The van der Waals surface area contributed by atoms with E-state index in [1.165, 1.54) is 6.07 Å². The van der Waals surface area contributed by atoms with E-state index < -0.39 is 0 Å². The normalized spacial score (nSPS) is 9.44. The molecular formula is C13H14ClFO. The molecule has 0 N–H and O–H groups in total. The first-order valence-corrected chi connectivity index (χ1v) is 5.78. The SMILES string of the molecule is CCCCOc1cc(C#CCCl)ccc1F. The van der Waals surface area contributed by atoms with Crippen LogP contribution in [-0.2, 0) is 0 Å². The molecule has 0 atom stereocenters. The van der Waals surface area contributed by atoms with Crippen molar-refractivity contribution in [1.29, 1.82) is 0 Å². The lowest BCUT2D eigenvalue weighted by atomic mass is 10.2. The second-order valence-corrected chi connectivity index (χ2v) is 3.55. The topological polar surface area (TPSA) is 9.23 Å². The van der Waals surface area contributed by atoms with Crippen molar-refractivity contribution in [2.45, 2.75) is 19.8 Å². The van der Waals surface area contributed by atoms with Crippen molar-refractivity contribution < 1.29 is 9.13 Å². The Morgan fingerprint density at radius 2 is 2.25 bits per heavy atom. The molecular weight excluding hydrogens is 227 g/mol. The highest BCUT2D eigenvalue weighted by molar-refractivity contribution is 6.19. The molecule has 0 aliphatic rings. The monoisotopic (exact) mass is 240 g/mol. The molecule has 0 unspecified atom stereocenters. The van der Waals surface area contributed by atoms with Gasteiger partial charge in [-0.1, -0.05) is 25.2 Å². The average molecular weight is 241 g/mol. The lowest BCUT2D eigenvalue weighted by molar-refractivity contribution is 0.294. The summed E-state index contributed by atoms with van der Waals surface area (Å²) in [6.07, 6.45) is 1.93. The predicted octanol–water partition coefficient (Wildman–Crippen LogP) is 3.59. The van der Waals surface area contributed by atoms with E-state index >= 15 is 0 Å². The van der Waals surface area contributed by atoms with Crippen LogP contribution in [-0.4, -0.2) is 12.5 Å². The fourth-order valence-corrected chi connectivity index (χ4v) is 1.22. The second kappa shape index (κ2) is 7.14. The van der Waals surface area contributed by atoms with Crippen LogP contribution in [0.1, 0.15) is 25.3 Å². The minimum atomic E-state index is -0.354. The summed E-state index contributed by atoms with van der Waals surface area (Å²) in [5.74, 6) is 5.71. The van der Waals surface area contributed by atoms with Crippen molar-refractivity contribution in [2.75, 3.05) is 12.5 Å². The van der Waals surface area contributed by atoms with Crippen LogP contribution in [0.25, 0.3) is 0 Å². The molecule has 0 saturated heterocycles. The van der Waals surface area contributed by atoms with E-state index in [9.17, 15) is 4.39 Å². The molecule has 1 aromatic carbocycles. The van der Waals surface area contributed by atoms with Gasteiger partial charge in [0.2, 0.25) is 0 Å². The van der Waals surface area contributed by atoms with Crippen LogP contribution in [0.3, 0.4) is 0 Å². The quantitative estimate of drug-likeness (QED) is 0.444. The minimum absolute atomic E-state index is 0.259. The van der Waals surface area contributed by atoms with E-state index in [0.29, 0.717) is 12.2 Å². The zero-order valence-corrected chi connectivity index (χ0v) is 9.98. The molecule has 0 fully saturated rings. The van der Waals surface area contributed by atoms with E-state index in [1.807, 2.05) is 0 Å². The van der Waals surface area contributed by atoms with Gasteiger partial charge in [-0.3, -0.25) is 0 Å². The van der Waals surface area contributed by atoms with Gasteiger partial charge in [-0.15, -0.1) is 11.6 Å². The minimum Gasteiger partial charge on any atom is -0.490 e. The molecule has 3 heteroatoms. The van der Waals surface area contributed by atoms with E-state index in [0.717, 1.165) is 12.8 Å². The third-order valence-electron chi connectivity index (χ3n) is 1.99. The third-order valence-corrected chi connectivity index (χ3v) is 2.12. The van der Waals surface area contributed by atoms with Gasteiger partial charge in [-0.05, 0) is 24.6 Å². The Morgan fingerprint density at radius 3 is 2.94 bits per heavy atom. The summed E-state index contributed by atoms with van der Waals surface area (Å²) in [5, 5.41) is 0. The first kappa shape index (κ1) is 12.9. The van der Waals surface area contributed by atoms with Crippen molar-refractivity contribution in [1.82, 2.24) is 0 Å². The van der Waals surface area contributed by atoms with Gasteiger partial charge in [0.25, 0.3) is 0 Å². The van der Waals surface area contributed by atoms with E-state index in [1.54, 1.807) is 12.1 Å². The number of unbranched alkanes of at least 4 members (excludes halogenated alkanes) is 1. The molecule has 0 aromatic heterocycles. The van der Waals surface area contributed by atoms with Crippen LogP contribution in [0, 0.1) is 17.7 Å². The van der Waals surface area contributed by atoms with Crippen LogP contribution in [0.2, 0.25) is 0 Å². The first-order valence-electron chi connectivity index (χ1n) is 5.25. The Hall–Kier alpha value is -1.20. The smallest absolute Gasteiger partial charge is 0.165 e. The number of hydrogen-bond acceptors (Lipinski definition) is 1. The summed E-state index contributed by atoms with van der Waals surface area (Å²) in [4.78, 5) is 0. The number of halogens is 2. The second-order valence-electron chi connectivity index (χ2n) is 3.28. The summed E-state index contributed by atoms with van der Waals surface area (Å²) < 4.78 is 18.6. The largest absolute Gasteiger partial charge is 0.490 e. The van der Waals surface area contributed by atoms with Crippen LogP contribution in [0.4, 0.5) is 4.39 Å². The lowest BCUT2D eigenvalue weighted by Gasteiger charge is -2.06. The zero-order chi connectivity index (χ0) is 11.8. The van der Waals surface area contributed by atoms with Crippen molar-refractivity contribution in [2.24, 2.45) is 0 Å².